The standard InChI is InChI=1S/C22H30ClN3O3S/c1-15(2)29-12-6-11-26-21(28)18-9-8-17(23)13-19(18)24-22(26)30-14-20(27)25-10-5-4-7-16(25)3/h8-9,13,15-16H,4-7,10-12,14H2,1-3H3. The molecule has 2 heterocycles. The smallest absolute Gasteiger partial charge is 0.262 e. The second-order valence-corrected chi connectivity index (χ2v) is 9.39. The number of hydrogen-bond donors (Lipinski definition) is 0. The van der Waals surface area contributed by atoms with Crippen LogP contribution in [0, 0.1) is 0 Å². The van der Waals surface area contributed by atoms with Crippen molar-refractivity contribution in [3.63, 3.8) is 0 Å². The van der Waals surface area contributed by atoms with E-state index in [0.717, 1.165) is 19.4 Å². The van der Waals surface area contributed by atoms with Crippen molar-refractivity contribution in [2.45, 2.75) is 70.3 Å². The Labute approximate surface area is 186 Å². The zero-order valence-corrected chi connectivity index (χ0v) is 19.5. The molecule has 0 bridgehead atoms. The summed E-state index contributed by atoms with van der Waals surface area (Å²) in [6.07, 6.45) is 4.11. The van der Waals surface area contributed by atoms with E-state index in [1.807, 2.05) is 18.7 Å². The lowest BCUT2D eigenvalue weighted by molar-refractivity contribution is -0.131. The van der Waals surface area contributed by atoms with E-state index >= 15 is 0 Å². The maximum Gasteiger partial charge on any atom is 0.262 e. The predicted octanol–water partition coefficient (Wildman–Crippen LogP) is 4.36. The molecule has 0 aliphatic carbocycles. The maximum atomic E-state index is 13.1. The van der Waals surface area contributed by atoms with E-state index in [9.17, 15) is 9.59 Å². The van der Waals surface area contributed by atoms with Gasteiger partial charge in [0, 0.05) is 30.8 Å². The van der Waals surface area contributed by atoms with Crippen molar-refractivity contribution in [1.29, 1.82) is 0 Å². The number of amides is 1. The molecule has 1 amide bonds. The third-order valence-electron chi connectivity index (χ3n) is 5.31. The SMILES string of the molecule is CC(C)OCCCn1c(SCC(=O)N2CCCCC2C)nc2cc(Cl)ccc2c1=O. The highest BCUT2D eigenvalue weighted by Gasteiger charge is 2.24. The molecule has 1 saturated heterocycles. The highest BCUT2D eigenvalue weighted by atomic mass is 35.5. The van der Waals surface area contributed by atoms with E-state index in [0.29, 0.717) is 40.7 Å². The van der Waals surface area contributed by atoms with Gasteiger partial charge < -0.3 is 9.64 Å². The van der Waals surface area contributed by atoms with Gasteiger partial charge in [0.1, 0.15) is 0 Å². The summed E-state index contributed by atoms with van der Waals surface area (Å²) in [4.78, 5) is 32.5. The Morgan fingerprint density at radius 2 is 2.17 bits per heavy atom. The van der Waals surface area contributed by atoms with E-state index in [1.54, 1.807) is 22.8 Å². The summed E-state index contributed by atoms with van der Waals surface area (Å²) in [5.41, 5.74) is 0.450. The topological polar surface area (TPSA) is 64.4 Å². The minimum absolute atomic E-state index is 0.0994. The molecule has 1 unspecified atom stereocenters. The minimum Gasteiger partial charge on any atom is -0.379 e. The van der Waals surface area contributed by atoms with Crippen molar-refractivity contribution in [2.75, 3.05) is 18.9 Å². The molecule has 2 aromatic rings. The van der Waals surface area contributed by atoms with Crippen molar-refractivity contribution in [3.05, 3.63) is 33.6 Å². The number of aromatic nitrogens is 2. The lowest BCUT2D eigenvalue weighted by atomic mass is 10.0. The fourth-order valence-electron chi connectivity index (χ4n) is 3.70. The molecular weight excluding hydrogens is 422 g/mol. The largest absolute Gasteiger partial charge is 0.379 e. The zero-order valence-electron chi connectivity index (χ0n) is 17.9. The number of nitrogens with zero attached hydrogens (tertiary/aromatic N) is 3. The van der Waals surface area contributed by atoms with Gasteiger partial charge in [0.25, 0.3) is 5.56 Å². The molecule has 0 saturated carbocycles. The molecule has 1 fully saturated rings. The summed E-state index contributed by atoms with van der Waals surface area (Å²) in [7, 11) is 0. The first kappa shape index (κ1) is 23.1. The van der Waals surface area contributed by atoms with Crippen LogP contribution in [0.4, 0.5) is 0 Å². The molecule has 3 rings (SSSR count). The molecule has 8 heteroatoms. The van der Waals surface area contributed by atoms with Gasteiger partial charge in [0.2, 0.25) is 5.91 Å². The Morgan fingerprint density at radius 3 is 2.90 bits per heavy atom. The zero-order chi connectivity index (χ0) is 21.7. The van der Waals surface area contributed by atoms with Crippen molar-refractivity contribution in [3.8, 4) is 0 Å². The third kappa shape index (κ3) is 5.77. The normalized spacial score (nSPS) is 17.1. The van der Waals surface area contributed by atoms with Crippen molar-refractivity contribution >= 4 is 40.2 Å². The molecule has 6 nitrogen and oxygen atoms in total. The molecule has 30 heavy (non-hydrogen) atoms. The van der Waals surface area contributed by atoms with Crippen LogP contribution in [0.2, 0.25) is 5.02 Å². The number of hydrogen-bond acceptors (Lipinski definition) is 5. The van der Waals surface area contributed by atoms with Crippen molar-refractivity contribution < 1.29 is 9.53 Å². The first-order valence-corrected chi connectivity index (χ1v) is 12.0. The Morgan fingerprint density at radius 1 is 1.37 bits per heavy atom. The van der Waals surface area contributed by atoms with Gasteiger partial charge in [-0.25, -0.2) is 4.98 Å². The van der Waals surface area contributed by atoms with E-state index in [4.69, 9.17) is 16.3 Å². The van der Waals surface area contributed by atoms with E-state index in [-0.39, 0.29) is 29.4 Å². The second-order valence-electron chi connectivity index (χ2n) is 8.01. The van der Waals surface area contributed by atoms with E-state index in [2.05, 4.69) is 11.9 Å². The quantitative estimate of drug-likeness (QED) is 0.339. The van der Waals surface area contributed by atoms with Gasteiger partial charge in [-0.1, -0.05) is 23.4 Å². The Kier molecular flexibility index (Phi) is 8.20. The monoisotopic (exact) mass is 451 g/mol. The van der Waals surface area contributed by atoms with Crippen molar-refractivity contribution in [2.24, 2.45) is 0 Å². The van der Waals surface area contributed by atoms with Gasteiger partial charge in [0.05, 0.1) is 22.8 Å². The first-order valence-electron chi connectivity index (χ1n) is 10.6. The summed E-state index contributed by atoms with van der Waals surface area (Å²) < 4.78 is 7.28. The van der Waals surface area contributed by atoms with Gasteiger partial charge >= 0.3 is 0 Å². The summed E-state index contributed by atoms with van der Waals surface area (Å²) in [5.74, 6) is 0.369. The number of likely N-dealkylation sites (tertiary alicyclic amines) is 1. The maximum absolute atomic E-state index is 13.1. The number of halogens is 1. The van der Waals surface area contributed by atoms with Gasteiger partial charge in [-0.2, -0.15) is 0 Å². The number of carbonyl (C=O) groups excluding carboxylic acids is 1. The van der Waals surface area contributed by atoms with Crippen LogP contribution in [0.3, 0.4) is 0 Å². The molecule has 1 aromatic heterocycles. The van der Waals surface area contributed by atoms with Gasteiger partial charge in [-0.05, 0) is 64.7 Å². The Bertz CT molecular complexity index is 947. The molecule has 0 radical (unpaired) electrons. The number of carbonyl (C=O) groups is 1. The molecule has 1 aliphatic heterocycles. The Hall–Kier alpha value is -1.57. The highest BCUT2D eigenvalue weighted by Crippen LogP contribution is 2.23. The van der Waals surface area contributed by atoms with Gasteiger partial charge in [-0.15, -0.1) is 0 Å². The number of benzene rings is 1. The first-order chi connectivity index (χ1) is 14.4. The molecule has 1 aliphatic rings. The fourth-order valence-corrected chi connectivity index (χ4v) is 4.78. The van der Waals surface area contributed by atoms with Gasteiger partial charge in [0.15, 0.2) is 5.16 Å². The molecule has 164 valence electrons. The number of thioether (sulfide) groups is 1. The summed E-state index contributed by atoms with van der Waals surface area (Å²) in [6.45, 7) is 7.94. The summed E-state index contributed by atoms with van der Waals surface area (Å²) in [6, 6.07) is 5.38. The van der Waals surface area contributed by atoms with Crippen molar-refractivity contribution in [1.82, 2.24) is 14.5 Å². The van der Waals surface area contributed by atoms with Crippen LogP contribution in [-0.4, -0.2) is 51.4 Å². The van der Waals surface area contributed by atoms with Crippen LogP contribution in [-0.2, 0) is 16.1 Å². The highest BCUT2D eigenvalue weighted by molar-refractivity contribution is 7.99. The van der Waals surface area contributed by atoms with Crippen LogP contribution >= 0.6 is 23.4 Å². The molecule has 1 aromatic carbocycles. The molecule has 0 N–H and O–H groups in total. The lowest BCUT2D eigenvalue weighted by Gasteiger charge is -2.33. The summed E-state index contributed by atoms with van der Waals surface area (Å²) >= 11 is 7.43. The van der Waals surface area contributed by atoms with Crippen LogP contribution in [0.15, 0.2) is 28.2 Å². The molecule has 1 atom stereocenters. The van der Waals surface area contributed by atoms with Crippen LogP contribution < -0.4 is 5.56 Å². The number of fused-ring (bicyclic) bond motifs is 1. The molecule has 0 spiro atoms. The number of piperidine rings is 1. The predicted molar refractivity (Wildman–Crippen MR) is 122 cm³/mol. The van der Waals surface area contributed by atoms with Crippen LogP contribution in [0.5, 0.6) is 0 Å². The average Bonchev–Trinajstić information content (AvgIpc) is 2.70. The van der Waals surface area contributed by atoms with Crippen LogP contribution in [0.25, 0.3) is 10.9 Å². The van der Waals surface area contributed by atoms with E-state index in [1.165, 1.54) is 18.2 Å². The number of ether oxygens (including phenoxy) is 1. The lowest BCUT2D eigenvalue weighted by Crippen LogP contribution is -2.43. The number of rotatable bonds is 8. The second kappa shape index (κ2) is 10.6. The van der Waals surface area contributed by atoms with E-state index < -0.39 is 0 Å². The average molecular weight is 452 g/mol. The molecular formula is C22H30ClN3O3S. The van der Waals surface area contributed by atoms with Gasteiger partial charge in [-0.3, -0.25) is 14.2 Å². The third-order valence-corrected chi connectivity index (χ3v) is 6.50. The summed E-state index contributed by atoms with van der Waals surface area (Å²) in [5, 5.41) is 1.62. The van der Waals surface area contributed by atoms with Crippen LogP contribution in [0.1, 0.15) is 46.5 Å². The fraction of sp³-hybridized carbons (Fsp3) is 0.591. The Balaban J connectivity index is 1.81. The minimum atomic E-state index is -0.109.